The summed E-state index contributed by atoms with van der Waals surface area (Å²) in [5.74, 6) is -0.121. The molecule has 1 aromatic rings. The van der Waals surface area contributed by atoms with Gasteiger partial charge in [-0.15, -0.1) is 0 Å². The van der Waals surface area contributed by atoms with Crippen LogP contribution in [0.15, 0.2) is 24.3 Å². The van der Waals surface area contributed by atoms with Crippen LogP contribution < -0.4 is 5.32 Å². The van der Waals surface area contributed by atoms with Gasteiger partial charge in [0.15, 0.2) is 9.84 Å². The lowest BCUT2D eigenvalue weighted by molar-refractivity contribution is 0.319. The lowest BCUT2D eigenvalue weighted by Gasteiger charge is -2.09. The summed E-state index contributed by atoms with van der Waals surface area (Å²) >= 11 is 0. The molecule has 2 N–H and O–H groups in total. The minimum absolute atomic E-state index is 0.0435. The summed E-state index contributed by atoms with van der Waals surface area (Å²) in [6, 6.07) is 7.71. The molecule has 5 heteroatoms. The molecule has 0 fully saturated rings. The minimum Gasteiger partial charge on any atom is -0.395 e. The maximum atomic E-state index is 11.3. The predicted octanol–water partition coefficient (Wildman–Crippen LogP) is 0.814. The Bertz CT molecular complexity index is 429. The molecule has 0 radical (unpaired) electrons. The summed E-state index contributed by atoms with van der Waals surface area (Å²) in [5.41, 5.74) is 2.03. The number of aliphatic hydroxyl groups excluding tert-OH is 1. The average Bonchev–Trinajstić information content (AvgIpc) is 2.20. The van der Waals surface area contributed by atoms with Crippen LogP contribution >= 0.6 is 0 Å². The first kappa shape index (κ1) is 13.0. The fourth-order valence-corrected chi connectivity index (χ4v) is 2.25. The zero-order valence-corrected chi connectivity index (χ0v) is 10.1. The fourth-order valence-electron chi connectivity index (χ4n) is 1.35. The van der Waals surface area contributed by atoms with Crippen molar-refractivity contribution in [3.05, 3.63) is 29.8 Å². The fraction of sp³-hybridized carbons (Fsp3) is 0.455. The van der Waals surface area contributed by atoms with Crippen molar-refractivity contribution in [1.82, 2.24) is 0 Å². The van der Waals surface area contributed by atoms with Crippen molar-refractivity contribution in [3.8, 4) is 0 Å². The lowest BCUT2D eigenvalue weighted by atomic mass is 10.2. The van der Waals surface area contributed by atoms with Crippen LogP contribution in [0.5, 0.6) is 0 Å². The minimum atomic E-state index is -3.13. The van der Waals surface area contributed by atoms with Crippen LogP contribution in [0.25, 0.3) is 0 Å². The second-order valence-corrected chi connectivity index (χ2v) is 5.92. The van der Waals surface area contributed by atoms with Gasteiger partial charge in [-0.25, -0.2) is 8.42 Å². The summed E-state index contributed by atoms with van der Waals surface area (Å²) in [6.07, 6.45) is 0. The van der Waals surface area contributed by atoms with E-state index in [2.05, 4.69) is 5.32 Å². The van der Waals surface area contributed by atoms with Crippen LogP contribution in [0.2, 0.25) is 0 Å². The number of nitrogens with one attached hydrogen (secondary N) is 1. The third kappa shape index (κ3) is 4.20. The summed E-state index contributed by atoms with van der Waals surface area (Å²) in [4.78, 5) is 0. The van der Waals surface area contributed by atoms with Crippen LogP contribution in [0.1, 0.15) is 5.56 Å². The van der Waals surface area contributed by atoms with Crippen molar-refractivity contribution in [2.24, 2.45) is 0 Å². The Morgan fingerprint density at radius 3 is 2.56 bits per heavy atom. The largest absolute Gasteiger partial charge is 0.395 e. The number of aryl methyl sites for hydroxylation is 1. The second kappa shape index (κ2) is 5.86. The van der Waals surface area contributed by atoms with Gasteiger partial charge in [0.2, 0.25) is 0 Å². The van der Waals surface area contributed by atoms with Crippen molar-refractivity contribution < 1.29 is 13.5 Å². The number of anilines is 1. The van der Waals surface area contributed by atoms with E-state index in [0.29, 0.717) is 6.54 Å². The molecule has 0 saturated heterocycles. The van der Waals surface area contributed by atoms with Crippen molar-refractivity contribution in [2.75, 3.05) is 30.0 Å². The maximum Gasteiger partial charge on any atom is 0.154 e. The number of rotatable bonds is 6. The molecule has 0 aliphatic rings. The summed E-state index contributed by atoms with van der Waals surface area (Å²) in [5, 5.41) is 11.6. The summed E-state index contributed by atoms with van der Waals surface area (Å²) < 4.78 is 22.6. The van der Waals surface area contributed by atoms with E-state index >= 15 is 0 Å². The Morgan fingerprint density at radius 1 is 1.25 bits per heavy atom. The summed E-state index contributed by atoms with van der Waals surface area (Å²) in [7, 11) is -3.13. The van der Waals surface area contributed by atoms with Gasteiger partial charge in [-0.1, -0.05) is 18.2 Å². The van der Waals surface area contributed by atoms with E-state index in [1.165, 1.54) is 0 Å². The topological polar surface area (TPSA) is 66.4 Å². The van der Waals surface area contributed by atoms with Gasteiger partial charge in [0.1, 0.15) is 0 Å². The Hall–Kier alpha value is -1.07. The van der Waals surface area contributed by atoms with Gasteiger partial charge < -0.3 is 10.4 Å². The van der Waals surface area contributed by atoms with E-state index in [1.807, 2.05) is 31.2 Å². The van der Waals surface area contributed by atoms with Gasteiger partial charge in [0, 0.05) is 12.2 Å². The molecule has 0 aromatic heterocycles. The van der Waals surface area contributed by atoms with E-state index in [9.17, 15) is 8.42 Å². The Morgan fingerprint density at radius 2 is 1.94 bits per heavy atom. The normalized spacial score (nSPS) is 11.4. The molecule has 4 nitrogen and oxygen atoms in total. The molecule has 0 atom stereocenters. The molecule has 0 heterocycles. The first-order chi connectivity index (χ1) is 7.55. The average molecular weight is 243 g/mol. The highest BCUT2D eigenvalue weighted by Gasteiger charge is 2.09. The van der Waals surface area contributed by atoms with Crippen molar-refractivity contribution in [1.29, 1.82) is 0 Å². The molecule has 0 amide bonds. The highest BCUT2D eigenvalue weighted by Crippen LogP contribution is 2.12. The number of hydrogen-bond acceptors (Lipinski definition) is 4. The molecule has 90 valence electrons. The Balaban J connectivity index is 2.45. The van der Waals surface area contributed by atoms with Crippen LogP contribution in [-0.4, -0.2) is 38.2 Å². The van der Waals surface area contributed by atoms with Gasteiger partial charge in [-0.3, -0.25) is 0 Å². The van der Waals surface area contributed by atoms with E-state index in [4.69, 9.17) is 5.11 Å². The molecule has 0 saturated carbocycles. The van der Waals surface area contributed by atoms with Gasteiger partial charge in [0.25, 0.3) is 0 Å². The number of hydrogen-bond donors (Lipinski definition) is 2. The number of aliphatic hydroxyl groups is 1. The van der Waals surface area contributed by atoms with Crippen LogP contribution in [-0.2, 0) is 9.84 Å². The maximum absolute atomic E-state index is 11.3. The highest BCUT2D eigenvalue weighted by atomic mass is 32.2. The summed E-state index contributed by atoms with van der Waals surface area (Å²) in [6.45, 7) is 2.02. The van der Waals surface area contributed by atoms with Crippen LogP contribution in [0, 0.1) is 6.92 Å². The van der Waals surface area contributed by atoms with E-state index < -0.39 is 9.84 Å². The molecule has 0 unspecified atom stereocenters. The second-order valence-electron chi connectivity index (χ2n) is 3.62. The van der Waals surface area contributed by atoms with Gasteiger partial charge in [-0.2, -0.15) is 0 Å². The molecule has 0 aliphatic heterocycles. The molecule has 1 rings (SSSR count). The molecular formula is C11H17NO3S. The van der Waals surface area contributed by atoms with Crippen molar-refractivity contribution in [2.45, 2.75) is 6.92 Å². The van der Waals surface area contributed by atoms with Gasteiger partial charge >= 0.3 is 0 Å². The van der Waals surface area contributed by atoms with E-state index in [0.717, 1.165) is 11.3 Å². The Kier molecular flexibility index (Phi) is 4.76. The van der Waals surface area contributed by atoms with Crippen LogP contribution in [0.3, 0.4) is 0 Å². The van der Waals surface area contributed by atoms with Crippen molar-refractivity contribution in [3.63, 3.8) is 0 Å². The SMILES string of the molecule is Cc1ccccc1NCCS(=O)(=O)CCO. The van der Waals surface area contributed by atoms with Gasteiger partial charge in [0.05, 0.1) is 18.1 Å². The number of benzene rings is 1. The standard InChI is InChI=1S/C11H17NO3S/c1-10-4-2-3-5-11(10)12-6-8-16(14,15)9-7-13/h2-5,12-13H,6-9H2,1H3. The van der Waals surface area contributed by atoms with Crippen molar-refractivity contribution >= 4 is 15.5 Å². The third-order valence-electron chi connectivity index (χ3n) is 2.28. The number of sulfone groups is 1. The van der Waals surface area contributed by atoms with E-state index in [-0.39, 0.29) is 18.1 Å². The zero-order chi connectivity index (χ0) is 12.0. The predicted molar refractivity (Wildman–Crippen MR) is 65.4 cm³/mol. The van der Waals surface area contributed by atoms with Gasteiger partial charge in [-0.05, 0) is 18.6 Å². The molecule has 0 spiro atoms. The number of para-hydroxylation sites is 1. The quantitative estimate of drug-likeness (QED) is 0.776. The molecule has 0 bridgehead atoms. The zero-order valence-electron chi connectivity index (χ0n) is 9.31. The monoisotopic (exact) mass is 243 g/mol. The first-order valence-electron chi connectivity index (χ1n) is 5.16. The molecule has 0 aliphatic carbocycles. The third-order valence-corrected chi connectivity index (χ3v) is 3.91. The van der Waals surface area contributed by atoms with Crippen LogP contribution in [0.4, 0.5) is 5.69 Å². The smallest absolute Gasteiger partial charge is 0.154 e. The first-order valence-corrected chi connectivity index (χ1v) is 6.98. The Labute approximate surface area is 96.2 Å². The lowest BCUT2D eigenvalue weighted by Crippen LogP contribution is -2.20. The van der Waals surface area contributed by atoms with E-state index in [1.54, 1.807) is 0 Å². The highest BCUT2D eigenvalue weighted by molar-refractivity contribution is 7.91. The molecule has 1 aromatic carbocycles. The molecular weight excluding hydrogens is 226 g/mol. The molecule has 16 heavy (non-hydrogen) atoms.